The van der Waals surface area contributed by atoms with Gasteiger partial charge in [-0.3, -0.25) is 4.99 Å². The average Bonchev–Trinajstić information content (AvgIpc) is 1.66. The molecule has 44 valence electrons. The molecule has 0 aromatic rings. The topological polar surface area (TPSA) is 24.7 Å². The number of rotatable bonds is 2. The van der Waals surface area contributed by atoms with Gasteiger partial charge in [-0.2, -0.15) is 0 Å². The summed E-state index contributed by atoms with van der Waals surface area (Å²) in [6.07, 6.45) is 3.14. The van der Waals surface area contributed by atoms with Crippen molar-refractivity contribution in [1.82, 2.24) is 0 Å². The highest BCUT2D eigenvalue weighted by Gasteiger charge is 1.67. The molecule has 0 aromatic carbocycles. The molecule has 0 N–H and O–H groups in total. The van der Waals surface area contributed by atoms with Crippen molar-refractivity contribution in [1.29, 1.82) is 0 Å². The molecule has 0 saturated carbocycles. The van der Waals surface area contributed by atoms with Crippen molar-refractivity contribution in [3.05, 3.63) is 11.8 Å². The molecule has 0 amide bonds. The molecule has 0 aliphatic rings. The zero-order chi connectivity index (χ0) is 6.41. The Morgan fingerprint density at radius 1 is 1.50 bits per heavy atom. The Labute approximate surface area is 49.7 Å². The van der Waals surface area contributed by atoms with Crippen molar-refractivity contribution >= 4 is 13.1 Å². The second-order valence-electron chi connectivity index (χ2n) is 1.65. The molecule has 0 fully saturated rings. The molecular weight excluding hydrogens is 100 g/mol. The van der Waals surface area contributed by atoms with Gasteiger partial charge in [0.15, 0.2) is 0 Å². The molecule has 2 nitrogen and oxygen atoms in total. The molecular formula is C6H10N2. The van der Waals surface area contributed by atoms with E-state index in [1.807, 2.05) is 13.8 Å². The molecule has 0 atom stereocenters. The van der Waals surface area contributed by atoms with Gasteiger partial charge >= 0.3 is 0 Å². The summed E-state index contributed by atoms with van der Waals surface area (Å²) < 4.78 is 0. The molecule has 0 unspecified atom stereocenters. The molecule has 0 heterocycles. The van der Waals surface area contributed by atoms with Crippen molar-refractivity contribution in [2.24, 2.45) is 9.98 Å². The van der Waals surface area contributed by atoms with Crippen LogP contribution < -0.4 is 0 Å². The molecule has 0 spiro atoms. The maximum absolute atomic E-state index is 3.77. The Morgan fingerprint density at radius 3 is 2.50 bits per heavy atom. The fraction of sp³-hybridized carbons (Fsp3) is 0.333. The summed E-state index contributed by atoms with van der Waals surface area (Å²) in [5.74, 6) is 0. The number of aliphatic imine (C=N–C) groups is 2. The second-order valence-corrected chi connectivity index (χ2v) is 1.65. The Bertz CT molecular complexity index is 118. The van der Waals surface area contributed by atoms with Crippen molar-refractivity contribution < 1.29 is 0 Å². The summed E-state index contributed by atoms with van der Waals surface area (Å²) in [6.45, 7) is 7.17. The first-order valence-corrected chi connectivity index (χ1v) is 2.38. The average molecular weight is 110 g/mol. The number of allylic oxidation sites excluding steroid dienone is 1. The lowest BCUT2D eigenvalue weighted by atomic mass is 10.4. The minimum absolute atomic E-state index is 1.16. The Balaban J connectivity index is 3.57. The fourth-order valence-electron chi connectivity index (χ4n) is 0.230. The standard InChI is InChI=1S/C6H10N2/c1-6(2)4-8-5-7-3/h4-5H,3H2,1-2H3. The largest absolute Gasteiger partial charge is 0.253 e. The molecule has 0 rings (SSSR count). The van der Waals surface area contributed by atoms with Crippen LogP contribution in [0.5, 0.6) is 0 Å². The number of hydrogen-bond acceptors (Lipinski definition) is 1. The lowest BCUT2D eigenvalue weighted by Gasteiger charge is -1.78. The highest BCUT2D eigenvalue weighted by Crippen LogP contribution is 1.86. The Hall–Kier alpha value is -0.920. The summed E-state index contributed by atoms with van der Waals surface area (Å²) in [5.41, 5.74) is 1.16. The van der Waals surface area contributed by atoms with Crippen molar-refractivity contribution in [3.8, 4) is 0 Å². The van der Waals surface area contributed by atoms with Crippen LogP contribution in [-0.2, 0) is 0 Å². The molecule has 0 saturated heterocycles. The Kier molecular flexibility index (Phi) is 3.76. The van der Waals surface area contributed by atoms with E-state index in [0.29, 0.717) is 0 Å². The van der Waals surface area contributed by atoms with E-state index in [9.17, 15) is 0 Å². The summed E-state index contributed by atoms with van der Waals surface area (Å²) in [4.78, 5) is 7.19. The van der Waals surface area contributed by atoms with Crippen molar-refractivity contribution in [2.75, 3.05) is 0 Å². The fourth-order valence-corrected chi connectivity index (χ4v) is 0.230. The van der Waals surface area contributed by atoms with Gasteiger partial charge in [0, 0.05) is 6.20 Å². The van der Waals surface area contributed by atoms with E-state index in [0.717, 1.165) is 5.57 Å². The van der Waals surface area contributed by atoms with Gasteiger partial charge < -0.3 is 0 Å². The van der Waals surface area contributed by atoms with E-state index in [2.05, 4.69) is 16.7 Å². The van der Waals surface area contributed by atoms with Crippen LogP contribution in [-0.4, -0.2) is 13.1 Å². The second kappa shape index (κ2) is 4.24. The number of hydrogen-bond donors (Lipinski definition) is 0. The molecule has 2 heteroatoms. The van der Waals surface area contributed by atoms with Crippen LogP contribution in [0.1, 0.15) is 13.8 Å². The van der Waals surface area contributed by atoms with Gasteiger partial charge in [-0.15, -0.1) is 0 Å². The first-order valence-electron chi connectivity index (χ1n) is 2.38. The van der Waals surface area contributed by atoms with Crippen LogP contribution in [0.2, 0.25) is 0 Å². The smallest absolute Gasteiger partial charge is 0.114 e. The minimum atomic E-state index is 1.16. The van der Waals surface area contributed by atoms with Gasteiger partial charge in [0.25, 0.3) is 0 Å². The molecule has 8 heavy (non-hydrogen) atoms. The van der Waals surface area contributed by atoms with Crippen molar-refractivity contribution in [2.45, 2.75) is 13.8 Å². The van der Waals surface area contributed by atoms with E-state index in [4.69, 9.17) is 0 Å². The zero-order valence-electron chi connectivity index (χ0n) is 5.26. The molecule has 0 aliphatic carbocycles. The molecule has 0 aromatic heterocycles. The van der Waals surface area contributed by atoms with Crippen LogP contribution in [0.3, 0.4) is 0 Å². The van der Waals surface area contributed by atoms with E-state index in [1.165, 1.54) is 6.34 Å². The number of nitrogens with zero attached hydrogens (tertiary/aromatic N) is 2. The molecule has 0 radical (unpaired) electrons. The van der Waals surface area contributed by atoms with Crippen LogP contribution >= 0.6 is 0 Å². The Morgan fingerprint density at radius 2 is 2.12 bits per heavy atom. The first-order chi connectivity index (χ1) is 3.77. The van der Waals surface area contributed by atoms with E-state index < -0.39 is 0 Å². The van der Waals surface area contributed by atoms with Crippen LogP contribution in [0.15, 0.2) is 21.8 Å². The van der Waals surface area contributed by atoms with Gasteiger partial charge in [0.1, 0.15) is 6.34 Å². The summed E-state index contributed by atoms with van der Waals surface area (Å²) >= 11 is 0. The predicted molar refractivity (Wildman–Crippen MR) is 37.5 cm³/mol. The summed E-state index contributed by atoms with van der Waals surface area (Å²) in [6, 6.07) is 0. The molecule has 0 aliphatic heterocycles. The molecule has 0 bridgehead atoms. The quantitative estimate of drug-likeness (QED) is 0.381. The SMILES string of the molecule is C=NC=NC=C(C)C. The van der Waals surface area contributed by atoms with Crippen LogP contribution in [0.25, 0.3) is 0 Å². The summed E-state index contributed by atoms with van der Waals surface area (Å²) in [5, 5.41) is 0. The lowest BCUT2D eigenvalue weighted by Crippen LogP contribution is -1.62. The monoisotopic (exact) mass is 110 g/mol. The van der Waals surface area contributed by atoms with Gasteiger partial charge in [-0.05, 0) is 20.6 Å². The normalized spacial score (nSPS) is 9.25. The van der Waals surface area contributed by atoms with Gasteiger partial charge in [0.05, 0.1) is 0 Å². The van der Waals surface area contributed by atoms with Crippen LogP contribution in [0, 0.1) is 0 Å². The van der Waals surface area contributed by atoms with Gasteiger partial charge in [-0.1, -0.05) is 5.57 Å². The third-order valence-electron chi connectivity index (χ3n) is 0.481. The lowest BCUT2D eigenvalue weighted by molar-refractivity contribution is 1.34. The maximum atomic E-state index is 3.77. The van der Waals surface area contributed by atoms with Crippen LogP contribution in [0.4, 0.5) is 0 Å². The van der Waals surface area contributed by atoms with Gasteiger partial charge in [0.2, 0.25) is 0 Å². The van der Waals surface area contributed by atoms with E-state index >= 15 is 0 Å². The maximum Gasteiger partial charge on any atom is 0.114 e. The first kappa shape index (κ1) is 7.08. The minimum Gasteiger partial charge on any atom is -0.253 e. The third-order valence-corrected chi connectivity index (χ3v) is 0.481. The van der Waals surface area contributed by atoms with Crippen molar-refractivity contribution in [3.63, 3.8) is 0 Å². The summed E-state index contributed by atoms with van der Waals surface area (Å²) in [7, 11) is 0. The predicted octanol–water partition coefficient (Wildman–Crippen LogP) is 1.64. The highest BCUT2D eigenvalue weighted by molar-refractivity contribution is 5.62. The van der Waals surface area contributed by atoms with E-state index in [-0.39, 0.29) is 0 Å². The zero-order valence-corrected chi connectivity index (χ0v) is 5.26. The van der Waals surface area contributed by atoms with Gasteiger partial charge in [-0.25, -0.2) is 4.99 Å². The van der Waals surface area contributed by atoms with E-state index in [1.54, 1.807) is 6.20 Å². The highest BCUT2D eigenvalue weighted by atomic mass is 14.8. The third kappa shape index (κ3) is 5.08.